The SMILES string of the molecule is C[C@H](NC(C#N)C1=C[C@H](OCc2ccccc2)C(OCc2ccccc2)C(COCc2ccccc2)O1)c1ccccc1. The lowest BCUT2D eigenvalue weighted by atomic mass is 10.0. The second-order valence-corrected chi connectivity index (χ2v) is 10.6. The molecule has 0 saturated carbocycles. The predicted molar refractivity (Wildman–Crippen MR) is 166 cm³/mol. The van der Waals surface area contributed by atoms with Gasteiger partial charge >= 0.3 is 0 Å². The summed E-state index contributed by atoms with van der Waals surface area (Å²) >= 11 is 0. The molecule has 0 aromatic heterocycles. The maximum atomic E-state index is 10.3. The molecule has 0 aliphatic carbocycles. The lowest BCUT2D eigenvalue weighted by Gasteiger charge is -2.38. The van der Waals surface area contributed by atoms with Crippen molar-refractivity contribution in [3.63, 3.8) is 0 Å². The van der Waals surface area contributed by atoms with Crippen molar-refractivity contribution in [1.29, 1.82) is 5.26 Å². The third-order valence-electron chi connectivity index (χ3n) is 7.40. The van der Waals surface area contributed by atoms with Gasteiger partial charge in [0.1, 0.15) is 18.0 Å². The fourth-order valence-electron chi connectivity index (χ4n) is 5.06. The van der Waals surface area contributed by atoms with Gasteiger partial charge in [-0.15, -0.1) is 0 Å². The summed E-state index contributed by atoms with van der Waals surface area (Å²) in [4.78, 5) is 0. The smallest absolute Gasteiger partial charge is 0.154 e. The zero-order valence-electron chi connectivity index (χ0n) is 24.4. The molecule has 0 fully saturated rings. The number of benzene rings is 4. The fourth-order valence-corrected chi connectivity index (χ4v) is 5.06. The zero-order valence-corrected chi connectivity index (χ0v) is 24.4. The van der Waals surface area contributed by atoms with Crippen LogP contribution < -0.4 is 5.32 Å². The highest BCUT2D eigenvalue weighted by Gasteiger charge is 2.39. The minimum absolute atomic E-state index is 0.0705. The quantitative estimate of drug-likeness (QED) is 0.177. The van der Waals surface area contributed by atoms with E-state index in [0.29, 0.717) is 25.6 Å². The number of ether oxygens (including phenoxy) is 4. The Hall–Kier alpha value is -4.25. The number of rotatable bonds is 14. The van der Waals surface area contributed by atoms with E-state index in [2.05, 4.69) is 11.4 Å². The van der Waals surface area contributed by atoms with Crippen LogP contribution in [0, 0.1) is 11.3 Å². The van der Waals surface area contributed by atoms with Gasteiger partial charge in [0.15, 0.2) is 12.1 Å². The molecular formula is C37H38N2O4. The van der Waals surface area contributed by atoms with Gasteiger partial charge in [0.2, 0.25) is 0 Å². The van der Waals surface area contributed by atoms with Gasteiger partial charge < -0.3 is 18.9 Å². The van der Waals surface area contributed by atoms with Crippen molar-refractivity contribution >= 4 is 0 Å². The highest BCUT2D eigenvalue weighted by molar-refractivity contribution is 5.24. The monoisotopic (exact) mass is 574 g/mol. The zero-order chi connectivity index (χ0) is 29.7. The Bertz CT molecular complexity index is 1440. The van der Waals surface area contributed by atoms with Gasteiger partial charge in [-0.2, -0.15) is 5.26 Å². The summed E-state index contributed by atoms with van der Waals surface area (Å²) in [6.07, 6.45) is 0.458. The molecule has 0 saturated heterocycles. The predicted octanol–water partition coefficient (Wildman–Crippen LogP) is 6.90. The van der Waals surface area contributed by atoms with E-state index >= 15 is 0 Å². The van der Waals surface area contributed by atoms with Gasteiger partial charge in [0, 0.05) is 6.04 Å². The molecule has 220 valence electrons. The minimum Gasteiger partial charge on any atom is -0.487 e. The molecule has 5 atom stereocenters. The van der Waals surface area contributed by atoms with Crippen LogP contribution in [-0.4, -0.2) is 31.0 Å². The summed E-state index contributed by atoms with van der Waals surface area (Å²) in [5.74, 6) is 0.510. The molecule has 0 bridgehead atoms. The first-order chi connectivity index (χ1) is 21.2. The lowest BCUT2D eigenvalue weighted by Crippen LogP contribution is -2.49. The number of hydrogen-bond donors (Lipinski definition) is 1. The van der Waals surface area contributed by atoms with Gasteiger partial charge in [-0.1, -0.05) is 121 Å². The Labute approximate surface area is 254 Å². The van der Waals surface area contributed by atoms with Crippen LogP contribution in [0.3, 0.4) is 0 Å². The molecule has 5 rings (SSSR count). The van der Waals surface area contributed by atoms with Crippen LogP contribution in [0.2, 0.25) is 0 Å². The number of nitriles is 1. The maximum Gasteiger partial charge on any atom is 0.154 e. The summed E-state index contributed by atoms with van der Waals surface area (Å²) in [5.41, 5.74) is 4.26. The summed E-state index contributed by atoms with van der Waals surface area (Å²) in [7, 11) is 0. The van der Waals surface area contributed by atoms with Gasteiger partial charge in [-0.05, 0) is 35.3 Å². The average molecular weight is 575 g/mol. The van der Waals surface area contributed by atoms with Crippen molar-refractivity contribution in [2.75, 3.05) is 6.61 Å². The molecule has 6 nitrogen and oxygen atoms in total. The maximum absolute atomic E-state index is 10.3. The Kier molecular flexibility index (Phi) is 11.1. The summed E-state index contributed by atoms with van der Waals surface area (Å²) < 4.78 is 25.7. The van der Waals surface area contributed by atoms with Crippen molar-refractivity contribution < 1.29 is 18.9 Å². The van der Waals surface area contributed by atoms with Crippen LogP contribution in [0.25, 0.3) is 0 Å². The second-order valence-electron chi connectivity index (χ2n) is 10.6. The molecule has 1 aliphatic heterocycles. The first-order valence-electron chi connectivity index (χ1n) is 14.7. The van der Waals surface area contributed by atoms with E-state index in [1.54, 1.807) is 0 Å². The van der Waals surface area contributed by atoms with Crippen LogP contribution in [-0.2, 0) is 38.8 Å². The minimum atomic E-state index is -0.690. The van der Waals surface area contributed by atoms with E-state index in [1.165, 1.54) is 0 Å². The molecule has 4 aromatic rings. The van der Waals surface area contributed by atoms with Crippen molar-refractivity contribution in [2.45, 2.75) is 57.1 Å². The van der Waals surface area contributed by atoms with E-state index < -0.39 is 24.4 Å². The molecule has 1 N–H and O–H groups in total. The van der Waals surface area contributed by atoms with E-state index in [4.69, 9.17) is 18.9 Å². The Morgan fingerprint density at radius 3 is 1.79 bits per heavy atom. The molecular weight excluding hydrogens is 536 g/mol. The van der Waals surface area contributed by atoms with Crippen molar-refractivity contribution in [1.82, 2.24) is 5.32 Å². The third-order valence-corrected chi connectivity index (χ3v) is 7.40. The Morgan fingerprint density at radius 1 is 0.721 bits per heavy atom. The van der Waals surface area contributed by atoms with Crippen molar-refractivity contribution in [3.8, 4) is 6.07 Å². The molecule has 0 radical (unpaired) electrons. The molecule has 4 aromatic carbocycles. The summed E-state index contributed by atoms with van der Waals surface area (Å²) in [6, 6.07) is 41.8. The van der Waals surface area contributed by atoms with Crippen LogP contribution in [0.5, 0.6) is 0 Å². The molecule has 43 heavy (non-hydrogen) atoms. The van der Waals surface area contributed by atoms with Gasteiger partial charge in [0.05, 0.1) is 32.5 Å². The first-order valence-corrected chi connectivity index (χ1v) is 14.7. The third kappa shape index (κ3) is 8.87. The van der Waals surface area contributed by atoms with Gasteiger partial charge in [-0.25, -0.2) is 0 Å². The lowest BCUT2D eigenvalue weighted by molar-refractivity contribution is -0.155. The molecule has 0 spiro atoms. The highest BCUT2D eigenvalue weighted by Crippen LogP contribution is 2.28. The highest BCUT2D eigenvalue weighted by atomic mass is 16.6. The molecule has 1 heterocycles. The van der Waals surface area contributed by atoms with E-state index in [0.717, 1.165) is 22.3 Å². The van der Waals surface area contributed by atoms with E-state index in [1.807, 2.05) is 134 Å². The van der Waals surface area contributed by atoms with Crippen molar-refractivity contribution in [2.24, 2.45) is 0 Å². The summed E-state index contributed by atoms with van der Waals surface area (Å²) in [6.45, 7) is 3.53. The normalized spacial score (nSPS) is 19.4. The average Bonchev–Trinajstić information content (AvgIpc) is 3.07. The van der Waals surface area contributed by atoms with Gasteiger partial charge in [-0.3, -0.25) is 5.32 Å². The Morgan fingerprint density at radius 2 is 1.23 bits per heavy atom. The van der Waals surface area contributed by atoms with Crippen LogP contribution in [0.4, 0.5) is 0 Å². The van der Waals surface area contributed by atoms with Gasteiger partial charge in [0.25, 0.3) is 0 Å². The van der Waals surface area contributed by atoms with E-state index in [-0.39, 0.29) is 12.6 Å². The Balaban J connectivity index is 1.39. The second kappa shape index (κ2) is 15.8. The largest absolute Gasteiger partial charge is 0.487 e. The number of hydrogen-bond acceptors (Lipinski definition) is 6. The van der Waals surface area contributed by atoms with E-state index in [9.17, 15) is 5.26 Å². The van der Waals surface area contributed by atoms with Crippen molar-refractivity contribution in [3.05, 3.63) is 155 Å². The van der Waals surface area contributed by atoms with Crippen LogP contribution in [0.1, 0.15) is 35.2 Å². The number of nitrogens with one attached hydrogen (secondary N) is 1. The van der Waals surface area contributed by atoms with Crippen LogP contribution in [0.15, 0.2) is 133 Å². The van der Waals surface area contributed by atoms with Crippen LogP contribution >= 0.6 is 0 Å². The molecule has 1 aliphatic rings. The molecule has 6 heteroatoms. The fraction of sp³-hybridized carbons (Fsp3) is 0.270. The molecule has 0 amide bonds. The topological polar surface area (TPSA) is 72.7 Å². The summed E-state index contributed by atoms with van der Waals surface area (Å²) in [5, 5.41) is 13.7. The first kappa shape index (κ1) is 30.2. The standard InChI is InChI=1S/C37H38N2O4/c1-28(32-20-12-5-13-21-32)39-33(23-38)34-22-35(41-25-30-16-8-3-9-17-30)37(42-26-31-18-10-4-11-19-31)36(43-34)27-40-24-29-14-6-2-7-15-29/h2-22,28,33,35-37,39H,24-27H2,1H3/t28-,33?,35-,36?,37?/m0/s1. The number of nitrogens with zero attached hydrogens (tertiary/aromatic N) is 1. The molecule has 3 unspecified atom stereocenters.